The highest BCUT2D eigenvalue weighted by Crippen LogP contribution is 2.30. The van der Waals surface area contributed by atoms with Gasteiger partial charge in [0.05, 0.1) is 19.0 Å². The zero-order chi connectivity index (χ0) is 23.8. The Hall–Kier alpha value is -3.14. The number of aryl methyl sites for hydroxylation is 1. The second-order valence-corrected chi connectivity index (χ2v) is 8.59. The van der Waals surface area contributed by atoms with Crippen LogP contribution in [-0.4, -0.2) is 51.1 Å². The lowest BCUT2D eigenvalue weighted by Gasteiger charge is -2.23. The highest BCUT2D eigenvalue weighted by Gasteiger charge is 2.27. The van der Waals surface area contributed by atoms with Crippen LogP contribution in [0.1, 0.15) is 49.2 Å². The first-order valence-electron chi connectivity index (χ1n) is 11.2. The third kappa shape index (κ3) is 6.92. The molecule has 1 saturated carbocycles. The Labute approximate surface area is 193 Å². The summed E-state index contributed by atoms with van der Waals surface area (Å²) in [5, 5.41) is 12.9. The number of hydroxylamine groups is 2. The number of anilines is 1. The minimum Gasteiger partial charge on any atom is -0.353 e. The van der Waals surface area contributed by atoms with Crippen LogP contribution in [0.5, 0.6) is 0 Å². The highest BCUT2D eigenvalue weighted by molar-refractivity contribution is 5.79. The van der Waals surface area contributed by atoms with Crippen molar-refractivity contribution in [2.24, 2.45) is 11.8 Å². The molecule has 0 radical (unpaired) electrons. The van der Waals surface area contributed by atoms with Crippen LogP contribution in [0.15, 0.2) is 24.5 Å². The van der Waals surface area contributed by atoms with E-state index in [1.807, 2.05) is 12.1 Å². The molecule has 0 saturated heterocycles. The van der Waals surface area contributed by atoms with E-state index >= 15 is 4.39 Å². The van der Waals surface area contributed by atoms with Gasteiger partial charge in [0.2, 0.25) is 12.3 Å². The number of hydrogen-bond acceptors (Lipinski definition) is 7. The molecule has 1 aliphatic rings. The first kappa shape index (κ1) is 24.5. The van der Waals surface area contributed by atoms with Crippen molar-refractivity contribution < 1.29 is 19.2 Å². The Morgan fingerprint density at radius 1 is 1.30 bits per heavy atom. The number of nitrogens with one attached hydrogen (secondary N) is 1. The van der Waals surface area contributed by atoms with Crippen LogP contribution in [-0.2, 0) is 22.7 Å². The van der Waals surface area contributed by atoms with Gasteiger partial charge in [-0.25, -0.2) is 19.4 Å². The molecule has 2 N–H and O–H groups in total. The monoisotopic (exact) mass is 458 g/mol. The molecule has 10 heteroatoms. The van der Waals surface area contributed by atoms with Crippen molar-refractivity contribution >= 4 is 18.1 Å². The number of rotatable bonds is 11. The molecule has 178 valence electrons. The molecule has 0 bridgehead atoms. The molecule has 2 aromatic heterocycles. The summed E-state index contributed by atoms with van der Waals surface area (Å²) in [5.41, 5.74) is 1.04. The maximum absolute atomic E-state index is 15.2. The van der Waals surface area contributed by atoms with Gasteiger partial charge in [-0.1, -0.05) is 25.7 Å². The summed E-state index contributed by atoms with van der Waals surface area (Å²) >= 11 is 0. The molecule has 2 heterocycles. The van der Waals surface area contributed by atoms with Gasteiger partial charge >= 0.3 is 0 Å². The third-order valence-electron chi connectivity index (χ3n) is 5.97. The maximum atomic E-state index is 15.2. The molecule has 0 aromatic carbocycles. The Morgan fingerprint density at radius 3 is 2.67 bits per heavy atom. The van der Waals surface area contributed by atoms with Gasteiger partial charge in [0, 0.05) is 26.0 Å². The van der Waals surface area contributed by atoms with Gasteiger partial charge in [0.15, 0.2) is 11.6 Å². The molecule has 9 nitrogen and oxygen atoms in total. The lowest BCUT2D eigenvalue weighted by atomic mass is 9.92. The minimum absolute atomic E-state index is 0.0864. The fourth-order valence-corrected chi connectivity index (χ4v) is 4.30. The van der Waals surface area contributed by atoms with E-state index in [-0.39, 0.29) is 36.9 Å². The predicted octanol–water partition coefficient (Wildman–Crippen LogP) is 2.62. The molecule has 0 unspecified atom stereocenters. The first-order chi connectivity index (χ1) is 15.9. The van der Waals surface area contributed by atoms with E-state index in [1.54, 1.807) is 31.3 Å². The van der Waals surface area contributed by atoms with E-state index in [9.17, 15) is 14.8 Å². The number of carbonyl (C=O) groups is 2. The van der Waals surface area contributed by atoms with E-state index in [0.29, 0.717) is 29.8 Å². The van der Waals surface area contributed by atoms with Gasteiger partial charge in [-0.15, -0.1) is 0 Å². The van der Waals surface area contributed by atoms with Crippen molar-refractivity contribution in [2.75, 3.05) is 18.5 Å². The standard InChI is InChI=1S/C23H31FN6O3/c1-16-27-20(21(24)22(28-16)29(2)13-18-7-9-25-10-8-18)12-26-23(32)19(14-30(33)15-31)11-17-5-3-4-6-17/h7-10,15,17,19,33H,3-6,11-14H2,1-2H3,(H,26,32)/t19-/m1/s1. The molecular formula is C23H31FN6O3. The fourth-order valence-electron chi connectivity index (χ4n) is 4.30. The molecular weight excluding hydrogens is 427 g/mol. The average Bonchev–Trinajstić information content (AvgIpc) is 3.32. The van der Waals surface area contributed by atoms with Gasteiger partial charge in [0.25, 0.3) is 0 Å². The van der Waals surface area contributed by atoms with Crippen LogP contribution in [0.4, 0.5) is 10.2 Å². The number of carbonyl (C=O) groups excluding carboxylic acids is 2. The van der Waals surface area contributed by atoms with Crippen LogP contribution in [0.2, 0.25) is 0 Å². The largest absolute Gasteiger partial charge is 0.353 e. The molecule has 3 rings (SSSR count). The van der Waals surface area contributed by atoms with E-state index in [1.165, 1.54) is 0 Å². The van der Waals surface area contributed by atoms with Crippen LogP contribution in [0.3, 0.4) is 0 Å². The average molecular weight is 459 g/mol. The maximum Gasteiger partial charge on any atom is 0.233 e. The molecule has 33 heavy (non-hydrogen) atoms. The third-order valence-corrected chi connectivity index (χ3v) is 5.97. The molecule has 0 aliphatic heterocycles. The van der Waals surface area contributed by atoms with E-state index in [2.05, 4.69) is 20.3 Å². The van der Waals surface area contributed by atoms with E-state index in [4.69, 9.17) is 0 Å². The summed E-state index contributed by atoms with van der Waals surface area (Å²) in [5.74, 6) is -0.599. The molecule has 2 amide bonds. The normalized spacial score (nSPS) is 14.7. The quantitative estimate of drug-likeness (QED) is 0.302. The number of amides is 2. The van der Waals surface area contributed by atoms with Crippen LogP contribution in [0.25, 0.3) is 0 Å². The van der Waals surface area contributed by atoms with Gasteiger partial charge < -0.3 is 10.2 Å². The summed E-state index contributed by atoms with van der Waals surface area (Å²) in [6.45, 7) is 1.89. The molecule has 1 aliphatic carbocycles. The predicted molar refractivity (Wildman–Crippen MR) is 120 cm³/mol. The van der Waals surface area contributed by atoms with E-state index < -0.39 is 11.7 Å². The fraction of sp³-hybridized carbons (Fsp3) is 0.522. The Balaban J connectivity index is 1.69. The molecule has 2 aromatic rings. The lowest BCUT2D eigenvalue weighted by Crippen LogP contribution is -2.38. The summed E-state index contributed by atoms with van der Waals surface area (Å²) in [6.07, 6.45) is 8.51. The Bertz CT molecular complexity index is 939. The van der Waals surface area contributed by atoms with Gasteiger partial charge in [-0.3, -0.25) is 19.8 Å². The van der Waals surface area contributed by atoms with Crippen LogP contribution in [0, 0.1) is 24.6 Å². The van der Waals surface area contributed by atoms with Gasteiger partial charge in [-0.2, -0.15) is 0 Å². The summed E-state index contributed by atoms with van der Waals surface area (Å²) in [6, 6.07) is 3.69. The van der Waals surface area contributed by atoms with Gasteiger partial charge in [0.1, 0.15) is 11.5 Å². The van der Waals surface area contributed by atoms with Crippen LogP contribution < -0.4 is 10.2 Å². The topological polar surface area (TPSA) is 112 Å². The number of nitrogens with zero attached hydrogens (tertiary/aromatic N) is 5. The number of aromatic nitrogens is 3. The van der Waals surface area contributed by atoms with Crippen molar-refractivity contribution in [1.82, 2.24) is 25.3 Å². The zero-order valence-electron chi connectivity index (χ0n) is 19.1. The minimum atomic E-state index is -0.596. The van der Waals surface area contributed by atoms with Gasteiger partial charge in [-0.05, 0) is 37.0 Å². The lowest BCUT2D eigenvalue weighted by molar-refractivity contribution is -0.155. The summed E-state index contributed by atoms with van der Waals surface area (Å²) in [4.78, 5) is 37.8. The first-order valence-corrected chi connectivity index (χ1v) is 11.2. The molecule has 1 fully saturated rings. The highest BCUT2D eigenvalue weighted by atomic mass is 19.1. The van der Waals surface area contributed by atoms with Crippen molar-refractivity contribution in [3.63, 3.8) is 0 Å². The summed E-state index contributed by atoms with van der Waals surface area (Å²) < 4.78 is 15.2. The SMILES string of the molecule is Cc1nc(CNC(=O)[C@H](CC2CCCC2)CN(O)C=O)c(F)c(N(C)Cc2ccncc2)n1. The van der Waals surface area contributed by atoms with Crippen molar-refractivity contribution in [1.29, 1.82) is 0 Å². The second-order valence-electron chi connectivity index (χ2n) is 8.59. The number of pyridine rings is 1. The van der Waals surface area contributed by atoms with Crippen molar-refractivity contribution in [3.05, 3.63) is 47.4 Å². The Morgan fingerprint density at radius 2 is 2.00 bits per heavy atom. The Kier molecular flexibility index (Phi) is 8.65. The zero-order valence-corrected chi connectivity index (χ0v) is 19.1. The second kappa shape index (κ2) is 11.6. The molecule has 0 spiro atoms. The van der Waals surface area contributed by atoms with Crippen molar-refractivity contribution in [3.8, 4) is 0 Å². The number of hydrogen-bond donors (Lipinski definition) is 2. The van der Waals surface area contributed by atoms with Crippen molar-refractivity contribution in [2.45, 2.75) is 52.1 Å². The summed E-state index contributed by atoms with van der Waals surface area (Å²) in [7, 11) is 1.74. The molecule has 1 atom stereocenters. The smallest absolute Gasteiger partial charge is 0.233 e. The van der Waals surface area contributed by atoms with Crippen LogP contribution >= 0.6 is 0 Å². The number of halogens is 1. The van der Waals surface area contributed by atoms with E-state index in [0.717, 1.165) is 31.2 Å².